The normalized spacial score (nSPS) is 14.4. The molecule has 6 nitrogen and oxygen atoms in total. The number of aryl methyl sites for hydroxylation is 1. The molecule has 0 unspecified atom stereocenters. The van der Waals surface area contributed by atoms with Crippen LogP contribution in [0, 0.1) is 6.92 Å². The van der Waals surface area contributed by atoms with Gasteiger partial charge in [-0.15, -0.1) is 10.2 Å². The van der Waals surface area contributed by atoms with E-state index in [4.69, 9.17) is 0 Å². The molecular formula is C31H33N5OS. The Balaban J connectivity index is 1.24. The number of hydrazone groups is 1. The number of amides is 1. The molecule has 0 aliphatic heterocycles. The zero-order chi connectivity index (χ0) is 26.3. The molecule has 1 amide bonds. The van der Waals surface area contributed by atoms with Gasteiger partial charge in [-0.2, -0.15) is 5.10 Å². The lowest BCUT2D eigenvalue weighted by atomic mass is 9.95. The number of nitrogens with zero attached hydrogens (tertiary/aromatic N) is 4. The molecular weight excluding hydrogens is 490 g/mol. The van der Waals surface area contributed by atoms with Crippen molar-refractivity contribution in [2.75, 3.05) is 5.75 Å². The minimum absolute atomic E-state index is 0.162. The fourth-order valence-electron chi connectivity index (χ4n) is 4.85. The molecule has 0 saturated heterocycles. The van der Waals surface area contributed by atoms with Crippen molar-refractivity contribution >= 4 is 23.4 Å². The Morgan fingerprint density at radius 2 is 1.55 bits per heavy atom. The zero-order valence-corrected chi connectivity index (χ0v) is 22.7. The second kappa shape index (κ2) is 12.2. The molecule has 1 saturated carbocycles. The average Bonchev–Trinajstić information content (AvgIpc) is 3.40. The molecule has 1 fully saturated rings. The van der Waals surface area contributed by atoms with Gasteiger partial charge in [0.15, 0.2) is 11.0 Å². The standard InChI is InChI=1S/C31H33N5OS/c1-22-13-15-27(16-14-22)30-34-35-31(36(30)28-11-7-4-8-12-28)38-21-29(37)33-32-23(2)24-17-19-26(20-18-24)25-9-5-3-6-10-25/h3,5-6,9-10,13-20,28H,4,7-8,11-12,21H2,1-2H3,(H,33,37)/b32-23+. The van der Waals surface area contributed by atoms with Gasteiger partial charge in [-0.05, 0) is 43.4 Å². The molecule has 3 aromatic carbocycles. The first-order chi connectivity index (χ1) is 18.6. The van der Waals surface area contributed by atoms with E-state index in [1.807, 2.05) is 37.3 Å². The van der Waals surface area contributed by atoms with Crippen molar-refractivity contribution in [3.05, 3.63) is 90.0 Å². The third-order valence-electron chi connectivity index (χ3n) is 7.00. The minimum atomic E-state index is -0.162. The van der Waals surface area contributed by atoms with Crippen molar-refractivity contribution in [1.29, 1.82) is 0 Å². The van der Waals surface area contributed by atoms with Crippen LogP contribution in [0.25, 0.3) is 22.5 Å². The summed E-state index contributed by atoms with van der Waals surface area (Å²) < 4.78 is 2.25. The molecule has 0 radical (unpaired) electrons. The van der Waals surface area contributed by atoms with Crippen LogP contribution >= 0.6 is 11.8 Å². The summed E-state index contributed by atoms with van der Waals surface area (Å²) in [7, 11) is 0. The van der Waals surface area contributed by atoms with E-state index < -0.39 is 0 Å². The second-order valence-corrected chi connectivity index (χ2v) is 10.7. The molecule has 0 bridgehead atoms. The van der Waals surface area contributed by atoms with Crippen LogP contribution in [-0.2, 0) is 4.79 Å². The minimum Gasteiger partial charge on any atom is -0.299 e. The van der Waals surface area contributed by atoms with Gasteiger partial charge in [0, 0.05) is 11.6 Å². The Labute approximate surface area is 228 Å². The van der Waals surface area contributed by atoms with Crippen LogP contribution in [0.4, 0.5) is 0 Å². The van der Waals surface area contributed by atoms with Crippen LogP contribution in [0.5, 0.6) is 0 Å². The molecule has 0 spiro atoms. The SMILES string of the molecule is C/C(=N\NC(=O)CSc1nnc(-c2ccc(C)cc2)n1C1CCCCC1)c1ccc(-c2ccccc2)cc1. The Kier molecular flexibility index (Phi) is 8.34. The lowest BCUT2D eigenvalue weighted by molar-refractivity contribution is -0.118. The summed E-state index contributed by atoms with van der Waals surface area (Å²) in [5.41, 5.74) is 9.03. The number of benzene rings is 3. The summed E-state index contributed by atoms with van der Waals surface area (Å²) in [6.07, 6.45) is 5.92. The summed E-state index contributed by atoms with van der Waals surface area (Å²) in [4.78, 5) is 12.7. The molecule has 194 valence electrons. The number of rotatable bonds is 8. The van der Waals surface area contributed by atoms with Crippen molar-refractivity contribution in [3.63, 3.8) is 0 Å². The van der Waals surface area contributed by atoms with Gasteiger partial charge in [0.05, 0.1) is 11.5 Å². The van der Waals surface area contributed by atoms with Crippen molar-refractivity contribution in [1.82, 2.24) is 20.2 Å². The van der Waals surface area contributed by atoms with Gasteiger partial charge < -0.3 is 0 Å². The van der Waals surface area contributed by atoms with Crippen molar-refractivity contribution in [3.8, 4) is 22.5 Å². The fraction of sp³-hybridized carbons (Fsp3) is 0.290. The Morgan fingerprint density at radius 3 is 2.26 bits per heavy atom. The predicted octanol–water partition coefficient (Wildman–Crippen LogP) is 7.06. The van der Waals surface area contributed by atoms with Gasteiger partial charge in [-0.25, -0.2) is 5.43 Å². The van der Waals surface area contributed by atoms with Crippen LogP contribution < -0.4 is 5.43 Å². The molecule has 1 aliphatic carbocycles. The van der Waals surface area contributed by atoms with Crippen LogP contribution in [0.15, 0.2) is 89.1 Å². The highest BCUT2D eigenvalue weighted by Gasteiger charge is 2.24. The average molecular weight is 524 g/mol. The van der Waals surface area contributed by atoms with E-state index in [9.17, 15) is 4.79 Å². The molecule has 1 aromatic heterocycles. The summed E-state index contributed by atoms with van der Waals surface area (Å²) in [5, 5.41) is 14.2. The third kappa shape index (κ3) is 6.22. The summed E-state index contributed by atoms with van der Waals surface area (Å²) in [5.74, 6) is 0.945. The van der Waals surface area contributed by atoms with E-state index in [1.165, 1.54) is 42.2 Å². The predicted molar refractivity (Wildman–Crippen MR) is 155 cm³/mol. The van der Waals surface area contributed by atoms with Crippen molar-refractivity contribution in [2.24, 2.45) is 5.10 Å². The first-order valence-corrected chi connectivity index (χ1v) is 14.2. The molecule has 1 heterocycles. The highest BCUT2D eigenvalue weighted by molar-refractivity contribution is 7.99. The molecule has 38 heavy (non-hydrogen) atoms. The van der Waals surface area contributed by atoms with Crippen LogP contribution in [0.3, 0.4) is 0 Å². The van der Waals surface area contributed by atoms with E-state index >= 15 is 0 Å². The first-order valence-electron chi connectivity index (χ1n) is 13.2. The maximum atomic E-state index is 12.7. The zero-order valence-electron chi connectivity index (χ0n) is 21.9. The highest BCUT2D eigenvalue weighted by Crippen LogP contribution is 2.35. The number of thioether (sulfide) groups is 1. The molecule has 0 atom stereocenters. The number of hydrogen-bond acceptors (Lipinski definition) is 5. The van der Waals surface area contributed by atoms with Crippen LogP contribution in [0.2, 0.25) is 0 Å². The Morgan fingerprint density at radius 1 is 0.895 bits per heavy atom. The quantitative estimate of drug-likeness (QED) is 0.152. The van der Waals surface area contributed by atoms with Gasteiger partial charge in [-0.3, -0.25) is 9.36 Å². The van der Waals surface area contributed by atoms with Gasteiger partial charge >= 0.3 is 0 Å². The van der Waals surface area contributed by atoms with E-state index in [0.29, 0.717) is 6.04 Å². The number of aromatic nitrogens is 3. The lowest BCUT2D eigenvalue weighted by Gasteiger charge is -2.25. The number of nitrogens with one attached hydrogen (secondary N) is 1. The Hall–Kier alpha value is -3.71. The molecule has 7 heteroatoms. The maximum absolute atomic E-state index is 12.7. The van der Waals surface area contributed by atoms with Crippen LogP contribution in [0.1, 0.15) is 56.2 Å². The highest BCUT2D eigenvalue weighted by atomic mass is 32.2. The first kappa shape index (κ1) is 25.9. The largest absolute Gasteiger partial charge is 0.299 e. The maximum Gasteiger partial charge on any atom is 0.250 e. The summed E-state index contributed by atoms with van der Waals surface area (Å²) in [6, 6.07) is 27.2. The van der Waals surface area contributed by atoms with E-state index in [2.05, 4.69) is 80.7 Å². The van der Waals surface area contributed by atoms with Crippen molar-refractivity contribution in [2.45, 2.75) is 57.1 Å². The summed E-state index contributed by atoms with van der Waals surface area (Å²) >= 11 is 1.42. The Bertz CT molecular complexity index is 1390. The van der Waals surface area contributed by atoms with Gasteiger partial charge in [0.25, 0.3) is 5.91 Å². The number of carbonyl (C=O) groups excluding carboxylic acids is 1. The van der Waals surface area contributed by atoms with Crippen molar-refractivity contribution < 1.29 is 4.79 Å². The number of hydrogen-bond donors (Lipinski definition) is 1. The second-order valence-electron chi connectivity index (χ2n) is 9.80. The summed E-state index contributed by atoms with van der Waals surface area (Å²) in [6.45, 7) is 3.98. The lowest BCUT2D eigenvalue weighted by Crippen LogP contribution is -2.22. The van der Waals surface area contributed by atoms with E-state index in [0.717, 1.165) is 46.2 Å². The smallest absolute Gasteiger partial charge is 0.250 e. The molecule has 4 aromatic rings. The van der Waals surface area contributed by atoms with Crippen LogP contribution in [-0.4, -0.2) is 32.1 Å². The fourth-order valence-corrected chi connectivity index (χ4v) is 5.65. The molecule has 1 aliphatic rings. The van der Waals surface area contributed by atoms with E-state index in [1.54, 1.807) is 0 Å². The molecule has 5 rings (SSSR count). The monoisotopic (exact) mass is 523 g/mol. The van der Waals surface area contributed by atoms with Gasteiger partial charge in [0.1, 0.15) is 0 Å². The van der Waals surface area contributed by atoms with E-state index in [-0.39, 0.29) is 11.7 Å². The topological polar surface area (TPSA) is 72.2 Å². The van der Waals surface area contributed by atoms with Gasteiger partial charge in [-0.1, -0.05) is 115 Å². The van der Waals surface area contributed by atoms with Gasteiger partial charge in [0.2, 0.25) is 0 Å². The number of carbonyl (C=O) groups is 1. The molecule has 1 N–H and O–H groups in total. The third-order valence-corrected chi connectivity index (χ3v) is 7.95.